The number of hydrogen-bond acceptors (Lipinski definition) is 4. The lowest BCUT2D eigenvalue weighted by Gasteiger charge is -2.31. The monoisotopic (exact) mass is 505 g/mol. The van der Waals surface area contributed by atoms with E-state index in [-0.39, 0.29) is 34.6 Å². The molecule has 0 bridgehead atoms. The van der Waals surface area contributed by atoms with E-state index in [9.17, 15) is 27.9 Å². The third kappa shape index (κ3) is 6.69. The number of aliphatic carboxylic acids is 1. The van der Waals surface area contributed by atoms with Gasteiger partial charge in [-0.15, -0.1) is 0 Å². The van der Waals surface area contributed by atoms with Crippen LogP contribution in [-0.2, 0) is 11.4 Å². The Kier molecular flexibility index (Phi) is 8.00. The molecule has 3 aromatic rings. The Morgan fingerprint density at radius 1 is 1.03 bits per heavy atom. The van der Waals surface area contributed by atoms with E-state index in [1.54, 1.807) is 38.1 Å². The van der Waals surface area contributed by atoms with Gasteiger partial charge in [-0.1, -0.05) is 63.2 Å². The second kappa shape index (κ2) is 10.6. The Morgan fingerprint density at radius 3 is 2.29 bits per heavy atom. The normalized spacial score (nSPS) is 12.9. The van der Waals surface area contributed by atoms with Crippen LogP contribution >= 0.6 is 11.8 Å². The summed E-state index contributed by atoms with van der Waals surface area (Å²) in [4.78, 5) is 25.1. The largest absolute Gasteiger partial charge is 0.487 e. The van der Waals surface area contributed by atoms with Crippen LogP contribution in [0.25, 0.3) is 10.8 Å². The van der Waals surface area contributed by atoms with Crippen molar-refractivity contribution in [2.24, 2.45) is 5.41 Å². The van der Waals surface area contributed by atoms with Gasteiger partial charge in [0, 0.05) is 10.3 Å². The lowest BCUT2D eigenvalue weighted by atomic mass is 9.81. The molecule has 9 heteroatoms. The Balaban J connectivity index is 1.90. The van der Waals surface area contributed by atoms with Crippen LogP contribution in [0.5, 0.6) is 5.75 Å². The molecule has 0 aliphatic rings. The number of benzene rings is 3. The molecule has 0 saturated carbocycles. The van der Waals surface area contributed by atoms with Crippen LogP contribution in [0.3, 0.4) is 0 Å². The fraction of sp³-hybridized carbons (Fsp3) is 0.308. The number of carboxylic acid groups (broad SMARTS) is 1. The Bertz CT molecular complexity index is 1210. The van der Waals surface area contributed by atoms with E-state index >= 15 is 0 Å². The highest BCUT2D eigenvalue weighted by Gasteiger charge is 2.36. The molecule has 2 N–H and O–H groups in total. The van der Waals surface area contributed by atoms with Crippen molar-refractivity contribution in [1.82, 2.24) is 5.32 Å². The van der Waals surface area contributed by atoms with E-state index in [2.05, 4.69) is 5.32 Å². The van der Waals surface area contributed by atoms with Gasteiger partial charge in [-0.3, -0.25) is 4.79 Å². The maximum atomic E-state index is 13.2. The molecule has 1 atom stereocenters. The van der Waals surface area contributed by atoms with Crippen molar-refractivity contribution in [3.63, 3.8) is 0 Å². The van der Waals surface area contributed by atoms with Gasteiger partial charge in [0.15, 0.2) is 0 Å². The summed E-state index contributed by atoms with van der Waals surface area (Å²) in [5, 5.41) is 13.8. The van der Waals surface area contributed by atoms with E-state index in [1.807, 2.05) is 19.1 Å². The first kappa shape index (κ1) is 26.4. The van der Waals surface area contributed by atoms with Crippen LogP contribution in [-0.4, -0.2) is 28.5 Å². The number of carbonyl (C=O) groups is 2. The van der Waals surface area contributed by atoms with Gasteiger partial charge in [-0.2, -0.15) is 13.2 Å². The summed E-state index contributed by atoms with van der Waals surface area (Å²) in [6, 6.07) is 15.3. The van der Waals surface area contributed by atoms with Crippen molar-refractivity contribution in [3.05, 3.63) is 71.8 Å². The van der Waals surface area contributed by atoms with Crippen molar-refractivity contribution in [2.45, 2.75) is 50.2 Å². The maximum Gasteiger partial charge on any atom is 0.446 e. The first-order chi connectivity index (χ1) is 16.4. The Morgan fingerprint density at radius 2 is 1.69 bits per heavy atom. The summed E-state index contributed by atoms with van der Waals surface area (Å²) in [5.41, 5.74) is -4.27. The topological polar surface area (TPSA) is 75.6 Å². The highest BCUT2D eigenvalue weighted by Crippen LogP contribution is 2.37. The molecule has 0 fully saturated rings. The van der Waals surface area contributed by atoms with Crippen LogP contribution in [0.1, 0.15) is 43.1 Å². The van der Waals surface area contributed by atoms with Gasteiger partial charge in [0.1, 0.15) is 18.4 Å². The van der Waals surface area contributed by atoms with Crippen LogP contribution in [0.15, 0.2) is 65.6 Å². The molecule has 0 saturated heterocycles. The molecule has 35 heavy (non-hydrogen) atoms. The number of rotatable bonds is 9. The molecule has 1 amide bonds. The summed E-state index contributed by atoms with van der Waals surface area (Å²) >= 11 is -0.198. The maximum absolute atomic E-state index is 13.2. The highest BCUT2D eigenvalue weighted by molar-refractivity contribution is 8.00. The number of carbonyl (C=O) groups excluding carboxylic acids is 1. The zero-order valence-corrected chi connectivity index (χ0v) is 20.3. The lowest BCUT2D eigenvalue weighted by molar-refractivity contribution is -0.142. The Hall–Kier alpha value is -3.20. The predicted molar refractivity (Wildman–Crippen MR) is 130 cm³/mol. The summed E-state index contributed by atoms with van der Waals surface area (Å²) in [6.07, 6.45) is 0.536. The minimum Gasteiger partial charge on any atom is -0.487 e. The first-order valence-electron chi connectivity index (χ1n) is 10.9. The average Bonchev–Trinajstić information content (AvgIpc) is 2.80. The van der Waals surface area contributed by atoms with Crippen LogP contribution in [0.2, 0.25) is 0 Å². The fourth-order valence-corrected chi connectivity index (χ4v) is 4.06. The van der Waals surface area contributed by atoms with Gasteiger partial charge < -0.3 is 15.2 Å². The molecule has 0 aromatic heterocycles. The minimum absolute atomic E-state index is 0.00800. The molecule has 0 aliphatic carbocycles. The molecule has 1 unspecified atom stereocenters. The van der Waals surface area contributed by atoms with Gasteiger partial charge in [-0.05, 0) is 52.7 Å². The first-order valence-corrected chi connectivity index (χ1v) is 11.8. The number of ether oxygens (including phenoxy) is 1. The highest BCUT2D eigenvalue weighted by atomic mass is 32.2. The number of halogens is 3. The van der Waals surface area contributed by atoms with Crippen molar-refractivity contribution in [1.29, 1.82) is 0 Å². The number of alkyl halides is 3. The molecule has 0 heterocycles. The molecule has 3 aromatic carbocycles. The zero-order chi connectivity index (χ0) is 25.8. The summed E-state index contributed by atoms with van der Waals surface area (Å²) in [7, 11) is 0. The SMILES string of the molecule is CCC(C)(C)C(NC(=O)c1ccc2ccccc2c1OCc1ccc(SC(F)(F)F)cc1)C(=O)O. The molecule has 0 radical (unpaired) electrons. The number of amides is 1. The van der Waals surface area contributed by atoms with E-state index in [1.165, 1.54) is 24.3 Å². The number of thioether (sulfide) groups is 1. The number of carboxylic acids is 1. The van der Waals surface area contributed by atoms with Crippen LogP contribution in [0.4, 0.5) is 13.2 Å². The van der Waals surface area contributed by atoms with Gasteiger partial charge in [0.25, 0.3) is 5.91 Å². The van der Waals surface area contributed by atoms with Crippen molar-refractivity contribution >= 4 is 34.4 Å². The smallest absolute Gasteiger partial charge is 0.446 e. The molecular weight excluding hydrogens is 479 g/mol. The molecule has 5 nitrogen and oxygen atoms in total. The van der Waals surface area contributed by atoms with Crippen molar-refractivity contribution in [3.8, 4) is 5.75 Å². The van der Waals surface area contributed by atoms with E-state index in [0.29, 0.717) is 17.4 Å². The van der Waals surface area contributed by atoms with E-state index in [4.69, 9.17) is 4.74 Å². The second-order valence-corrected chi connectivity index (χ2v) is 9.87. The van der Waals surface area contributed by atoms with Gasteiger partial charge in [0.2, 0.25) is 0 Å². The number of nitrogens with one attached hydrogen (secondary N) is 1. The van der Waals surface area contributed by atoms with E-state index in [0.717, 1.165) is 5.39 Å². The third-order valence-corrected chi connectivity index (χ3v) is 6.62. The third-order valence-electron chi connectivity index (χ3n) is 5.88. The molecule has 0 spiro atoms. The quantitative estimate of drug-likeness (QED) is 0.319. The fourth-order valence-electron chi connectivity index (χ4n) is 3.52. The average molecular weight is 506 g/mol. The predicted octanol–water partition coefficient (Wildman–Crippen LogP) is 6.65. The van der Waals surface area contributed by atoms with Gasteiger partial charge in [0.05, 0.1) is 5.56 Å². The van der Waals surface area contributed by atoms with Gasteiger partial charge in [-0.25, -0.2) is 4.79 Å². The molecule has 0 aliphatic heterocycles. The van der Waals surface area contributed by atoms with Crippen LogP contribution < -0.4 is 10.1 Å². The molecule has 186 valence electrons. The molecule has 3 rings (SSSR count). The van der Waals surface area contributed by atoms with Crippen LogP contribution in [0, 0.1) is 5.41 Å². The summed E-state index contributed by atoms with van der Waals surface area (Å²) < 4.78 is 43.8. The second-order valence-electron chi connectivity index (χ2n) is 8.73. The summed E-state index contributed by atoms with van der Waals surface area (Å²) in [5.74, 6) is -1.45. The number of fused-ring (bicyclic) bond motifs is 1. The number of hydrogen-bond donors (Lipinski definition) is 2. The van der Waals surface area contributed by atoms with Crippen molar-refractivity contribution in [2.75, 3.05) is 0 Å². The lowest BCUT2D eigenvalue weighted by Crippen LogP contribution is -2.50. The van der Waals surface area contributed by atoms with E-state index < -0.39 is 28.8 Å². The zero-order valence-electron chi connectivity index (χ0n) is 19.5. The molecular formula is C26H26F3NO4S. The minimum atomic E-state index is -4.37. The van der Waals surface area contributed by atoms with Crippen molar-refractivity contribution < 1.29 is 32.6 Å². The Labute approximate surface area is 205 Å². The standard InChI is InChI=1S/C26H26F3NO4S/c1-4-25(2,3)22(24(32)33)30-23(31)20-14-11-17-7-5-6-8-19(17)21(20)34-15-16-9-12-18(13-10-16)35-26(27,28)29/h5-14,22H,4,15H2,1-3H3,(H,30,31)(H,32,33). The summed E-state index contributed by atoms with van der Waals surface area (Å²) in [6.45, 7) is 5.40. The van der Waals surface area contributed by atoms with Gasteiger partial charge >= 0.3 is 11.5 Å².